The Morgan fingerprint density at radius 1 is 1.09 bits per heavy atom. The van der Waals surface area contributed by atoms with Crippen molar-refractivity contribution in [2.24, 2.45) is 0 Å². The van der Waals surface area contributed by atoms with E-state index in [2.05, 4.69) is 54.9 Å². The summed E-state index contributed by atoms with van der Waals surface area (Å²) >= 11 is 12.0. The van der Waals surface area contributed by atoms with Crippen molar-refractivity contribution in [2.45, 2.75) is 52.6 Å². The van der Waals surface area contributed by atoms with Crippen molar-refractivity contribution < 1.29 is 4.79 Å². The Morgan fingerprint density at radius 3 is 2.53 bits per heavy atom. The van der Waals surface area contributed by atoms with Gasteiger partial charge in [0, 0.05) is 49.2 Å². The number of nitrogens with zero attached hydrogens (tertiary/aromatic N) is 2. The summed E-state index contributed by atoms with van der Waals surface area (Å²) in [6.45, 7) is 12.1. The number of anilines is 2. The molecule has 3 rings (SSSR count). The number of fused-ring (bicyclic) bond motifs is 1. The van der Waals surface area contributed by atoms with Crippen molar-refractivity contribution in [3.05, 3.63) is 63.6 Å². The van der Waals surface area contributed by atoms with Crippen molar-refractivity contribution in [3.63, 3.8) is 0 Å². The number of halogens is 2. The Morgan fingerprint density at radius 2 is 1.84 bits per heavy atom. The second-order valence-electron chi connectivity index (χ2n) is 8.86. The van der Waals surface area contributed by atoms with Crippen molar-refractivity contribution in [1.82, 2.24) is 4.90 Å². The van der Waals surface area contributed by atoms with E-state index < -0.39 is 0 Å². The van der Waals surface area contributed by atoms with Gasteiger partial charge in [0.25, 0.3) is 0 Å². The Balaban J connectivity index is 1.68. The number of nitrogens with one attached hydrogen (secondary N) is 1. The molecule has 0 saturated carbocycles. The highest BCUT2D eigenvalue weighted by Gasteiger charge is 2.20. The number of amides is 1. The van der Waals surface area contributed by atoms with E-state index in [4.69, 9.17) is 23.2 Å². The van der Waals surface area contributed by atoms with Gasteiger partial charge in [-0.1, -0.05) is 35.3 Å². The van der Waals surface area contributed by atoms with Crippen LogP contribution in [0.3, 0.4) is 0 Å². The molecule has 0 spiro atoms. The monoisotopic (exact) mass is 473 g/mol. The third-order valence-corrected chi connectivity index (χ3v) is 6.63. The highest BCUT2D eigenvalue weighted by atomic mass is 35.5. The van der Waals surface area contributed by atoms with E-state index in [1.54, 1.807) is 18.2 Å². The number of hydrogen-bond acceptors (Lipinski definition) is 3. The lowest BCUT2D eigenvalue weighted by Crippen LogP contribution is -2.43. The Bertz CT molecular complexity index is 964. The van der Waals surface area contributed by atoms with Crippen molar-refractivity contribution in [3.8, 4) is 0 Å². The van der Waals surface area contributed by atoms with Crippen LogP contribution in [0.4, 0.5) is 11.4 Å². The average Bonchev–Trinajstić information content (AvgIpc) is 2.74. The number of carbonyl (C=O) groups is 1. The maximum Gasteiger partial charge on any atom is 0.248 e. The van der Waals surface area contributed by atoms with Gasteiger partial charge in [0.1, 0.15) is 0 Å². The molecular formula is C26H33Cl2N3O. The number of carbonyl (C=O) groups excluding carboxylic acids is 1. The molecular weight excluding hydrogens is 441 g/mol. The molecule has 6 heteroatoms. The van der Waals surface area contributed by atoms with Gasteiger partial charge in [-0.15, -0.1) is 0 Å². The smallest absolute Gasteiger partial charge is 0.248 e. The first-order chi connectivity index (χ1) is 15.2. The zero-order valence-corrected chi connectivity index (χ0v) is 20.9. The van der Waals surface area contributed by atoms with Crippen LogP contribution in [0, 0.1) is 0 Å². The summed E-state index contributed by atoms with van der Waals surface area (Å²) < 4.78 is 0. The summed E-state index contributed by atoms with van der Waals surface area (Å²) in [5.41, 5.74) is 4.21. The zero-order chi connectivity index (χ0) is 23.3. The molecule has 4 nitrogen and oxygen atoms in total. The van der Waals surface area contributed by atoms with Crippen LogP contribution in [0.15, 0.2) is 42.5 Å². The van der Waals surface area contributed by atoms with Gasteiger partial charge in [0.2, 0.25) is 5.91 Å². The first-order valence-corrected chi connectivity index (χ1v) is 12.1. The van der Waals surface area contributed by atoms with Gasteiger partial charge >= 0.3 is 0 Å². The molecule has 1 heterocycles. The van der Waals surface area contributed by atoms with Gasteiger partial charge < -0.3 is 10.2 Å². The molecule has 1 amide bonds. The number of benzene rings is 2. The second kappa shape index (κ2) is 11.2. The lowest BCUT2D eigenvalue weighted by Gasteiger charge is -2.36. The Kier molecular flexibility index (Phi) is 8.64. The van der Waals surface area contributed by atoms with Crippen LogP contribution in [0.25, 0.3) is 6.08 Å². The van der Waals surface area contributed by atoms with E-state index in [-0.39, 0.29) is 5.91 Å². The minimum absolute atomic E-state index is 0.177. The van der Waals surface area contributed by atoms with Crippen LogP contribution in [-0.4, -0.2) is 42.5 Å². The molecule has 0 bridgehead atoms. The van der Waals surface area contributed by atoms with Crippen molar-refractivity contribution >= 4 is 46.6 Å². The minimum atomic E-state index is -0.177. The normalized spacial score (nSPS) is 14.0. The first-order valence-electron chi connectivity index (χ1n) is 11.3. The SMILES string of the molecule is CC(C)N(CCN1CCCc2ccc(NC(=O)C=Cc3ccc(Cl)c(Cl)c3)cc21)C(C)C. The Labute approximate surface area is 202 Å². The largest absolute Gasteiger partial charge is 0.370 e. The summed E-state index contributed by atoms with van der Waals surface area (Å²) in [4.78, 5) is 17.5. The molecule has 0 radical (unpaired) electrons. The van der Waals surface area contributed by atoms with E-state index in [1.165, 1.54) is 17.3 Å². The molecule has 172 valence electrons. The van der Waals surface area contributed by atoms with Gasteiger partial charge in [-0.3, -0.25) is 9.69 Å². The average molecular weight is 474 g/mol. The maximum absolute atomic E-state index is 12.5. The third-order valence-electron chi connectivity index (χ3n) is 5.89. The molecule has 0 saturated heterocycles. The summed E-state index contributed by atoms with van der Waals surface area (Å²) in [6, 6.07) is 12.6. The van der Waals surface area contributed by atoms with E-state index >= 15 is 0 Å². The molecule has 1 aliphatic heterocycles. The van der Waals surface area contributed by atoms with Gasteiger partial charge in [0.05, 0.1) is 10.0 Å². The quantitative estimate of drug-likeness (QED) is 0.443. The van der Waals surface area contributed by atoms with Gasteiger partial charge in [0.15, 0.2) is 0 Å². The van der Waals surface area contributed by atoms with Gasteiger partial charge in [-0.2, -0.15) is 0 Å². The molecule has 32 heavy (non-hydrogen) atoms. The first kappa shape index (κ1) is 24.6. The molecule has 0 aromatic heterocycles. The maximum atomic E-state index is 12.5. The van der Waals surface area contributed by atoms with Crippen molar-refractivity contribution in [1.29, 1.82) is 0 Å². The number of aryl methyl sites for hydroxylation is 1. The van der Waals surface area contributed by atoms with Crippen LogP contribution in [0.5, 0.6) is 0 Å². The van der Waals surface area contributed by atoms with Crippen LogP contribution in [-0.2, 0) is 11.2 Å². The summed E-state index contributed by atoms with van der Waals surface area (Å²) in [5, 5.41) is 3.96. The van der Waals surface area contributed by atoms with Crippen LogP contribution < -0.4 is 10.2 Å². The van der Waals surface area contributed by atoms with Gasteiger partial charge in [-0.25, -0.2) is 0 Å². The topological polar surface area (TPSA) is 35.6 Å². The van der Waals surface area contributed by atoms with E-state index in [0.29, 0.717) is 22.1 Å². The van der Waals surface area contributed by atoms with E-state index in [1.807, 2.05) is 12.1 Å². The Hall–Kier alpha value is -2.01. The fourth-order valence-corrected chi connectivity index (χ4v) is 4.59. The second-order valence-corrected chi connectivity index (χ2v) is 9.67. The number of hydrogen-bond donors (Lipinski definition) is 1. The van der Waals surface area contributed by atoms with Crippen LogP contribution in [0.1, 0.15) is 45.2 Å². The molecule has 0 unspecified atom stereocenters. The predicted molar refractivity (Wildman–Crippen MR) is 138 cm³/mol. The molecule has 0 fully saturated rings. The zero-order valence-electron chi connectivity index (χ0n) is 19.4. The standard InChI is InChI=1S/C26H33Cl2N3O/c1-18(2)31(19(3)4)15-14-30-13-5-6-21-9-10-22(17-25(21)30)29-26(32)12-8-20-7-11-23(27)24(28)16-20/h7-12,16-19H,5-6,13-15H2,1-4H3,(H,29,32). The summed E-state index contributed by atoms with van der Waals surface area (Å²) in [7, 11) is 0. The molecule has 0 atom stereocenters. The summed E-state index contributed by atoms with van der Waals surface area (Å²) in [6.07, 6.45) is 5.48. The minimum Gasteiger partial charge on any atom is -0.370 e. The molecule has 1 N–H and O–H groups in total. The molecule has 1 aliphatic rings. The molecule has 2 aromatic carbocycles. The molecule has 2 aromatic rings. The lowest BCUT2D eigenvalue weighted by atomic mass is 10.0. The van der Waals surface area contributed by atoms with Gasteiger partial charge in [-0.05, 0) is 82.0 Å². The van der Waals surface area contributed by atoms with Crippen molar-refractivity contribution in [2.75, 3.05) is 29.9 Å². The fraction of sp³-hybridized carbons (Fsp3) is 0.423. The van der Waals surface area contributed by atoms with E-state index in [0.717, 1.165) is 43.7 Å². The highest BCUT2D eigenvalue weighted by molar-refractivity contribution is 6.42. The fourth-order valence-electron chi connectivity index (χ4n) is 4.28. The predicted octanol–water partition coefficient (Wildman–Crippen LogP) is 6.52. The number of rotatable bonds is 8. The molecule has 0 aliphatic carbocycles. The summed E-state index contributed by atoms with van der Waals surface area (Å²) in [5.74, 6) is -0.177. The highest BCUT2D eigenvalue weighted by Crippen LogP contribution is 2.30. The third kappa shape index (κ3) is 6.50. The van der Waals surface area contributed by atoms with Crippen LogP contribution >= 0.6 is 23.2 Å². The van der Waals surface area contributed by atoms with Crippen LogP contribution in [0.2, 0.25) is 10.0 Å². The lowest BCUT2D eigenvalue weighted by molar-refractivity contribution is -0.111. The van der Waals surface area contributed by atoms with E-state index in [9.17, 15) is 4.79 Å².